The Kier molecular flexibility index (Phi) is 1.85. The van der Waals surface area contributed by atoms with Crippen LogP contribution in [-0.4, -0.2) is 28.2 Å². The highest BCUT2D eigenvalue weighted by Crippen LogP contribution is 2.20. The highest BCUT2D eigenvalue weighted by Gasteiger charge is 2.12. The summed E-state index contributed by atoms with van der Waals surface area (Å²) >= 11 is 0. The standard InChI is InChI=1S/C9H8N2O3/c1-14-7-4-5(9(12)13)8-6(11-7)2-3-10-8/h2-4,10H,1H3,(H,12,13). The number of carboxylic acids is 1. The predicted molar refractivity (Wildman–Crippen MR) is 49.6 cm³/mol. The number of ether oxygens (including phenoxy) is 1. The molecular formula is C9H8N2O3. The largest absolute Gasteiger partial charge is 0.481 e. The third-order valence-electron chi connectivity index (χ3n) is 1.93. The summed E-state index contributed by atoms with van der Waals surface area (Å²) in [6.45, 7) is 0. The van der Waals surface area contributed by atoms with E-state index in [-0.39, 0.29) is 5.56 Å². The molecule has 0 unspecified atom stereocenters. The lowest BCUT2D eigenvalue weighted by atomic mass is 10.2. The van der Waals surface area contributed by atoms with E-state index in [1.54, 1.807) is 12.3 Å². The highest BCUT2D eigenvalue weighted by molar-refractivity contribution is 6.01. The molecule has 5 heteroatoms. The molecule has 2 aromatic rings. The molecule has 0 atom stereocenters. The Hall–Kier alpha value is -2.04. The minimum atomic E-state index is -1.00. The van der Waals surface area contributed by atoms with Crippen molar-refractivity contribution in [3.8, 4) is 5.88 Å². The lowest BCUT2D eigenvalue weighted by molar-refractivity contribution is 0.0698. The first-order valence-corrected chi connectivity index (χ1v) is 3.98. The lowest BCUT2D eigenvalue weighted by Crippen LogP contribution is -2.00. The van der Waals surface area contributed by atoms with E-state index in [2.05, 4.69) is 9.97 Å². The van der Waals surface area contributed by atoms with Crippen LogP contribution >= 0.6 is 0 Å². The van der Waals surface area contributed by atoms with Gasteiger partial charge in [0.25, 0.3) is 0 Å². The van der Waals surface area contributed by atoms with Gasteiger partial charge in [0, 0.05) is 12.3 Å². The molecule has 0 saturated heterocycles. The van der Waals surface area contributed by atoms with Crippen LogP contribution in [0.5, 0.6) is 5.88 Å². The third kappa shape index (κ3) is 1.19. The fourth-order valence-corrected chi connectivity index (χ4v) is 1.29. The number of hydrogen-bond acceptors (Lipinski definition) is 3. The van der Waals surface area contributed by atoms with Crippen molar-refractivity contribution in [2.45, 2.75) is 0 Å². The number of methoxy groups -OCH3 is 1. The molecule has 2 rings (SSSR count). The van der Waals surface area contributed by atoms with Gasteiger partial charge in [-0.15, -0.1) is 0 Å². The molecule has 0 aliphatic heterocycles. The number of rotatable bonds is 2. The first kappa shape index (κ1) is 8.55. The molecule has 0 spiro atoms. The van der Waals surface area contributed by atoms with Gasteiger partial charge in [0.05, 0.1) is 23.7 Å². The minimum absolute atomic E-state index is 0.164. The molecule has 72 valence electrons. The second kappa shape index (κ2) is 3.02. The van der Waals surface area contributed by atoms with Crippen LogP contribution in [0.3, 0.4) is 0 Å². The molecule has 0 aliphatic rings. The Bertz CT molecular complexity index is 490. The summed E-state index contributed by atoms with van der Waals surface area (Å²) in [6, 6.07) is 3.09. The number of aromatic carboxylic acids is 1. The Morgan fingerprint density at radius 3 is 3.07 bits per heavy atom. The van der Waals surface area contributed by atoms with Crippen LogP contribution in [0.25, 0.3) is 11.0 Å². The summed E-state index contributed by atoms with van der Waals surface area (Å²) in [5.74, 6) is -0.701. The van der Waals surface area contributed by atoms with Crippen LogP contribution in [0, 0.1) is 0 Å². The van der Waals surface area contributed by atoms with Crippen LogP contribution in [-0.2, 0) is 0 Å². The summed E-state index contributed by atoms with van der Waals surface area (Å²) in [6.07, 6.45) is 1.64. The number of nitrogens with zero attached hydrogens (tertiary/aromatic N) is 1. The predicted octanol–water partition coefficient (Wildman–Crippen LogP) is 1.27. The van der Waals surface area contributed by atoms with Gasteiger partial charge in [-0.25, -0.2) is 9.78 Å². The average molecular weight is 192 g/mol. The SMILES string of the molecule is COc1cc(C(=O)O)c2[nH]ccc2n1. The van der Waals surface area contributed by atoms with Gasteiger partial charge in [0.15, 0.2) is 0 Å². The van der Waals surface area contributed by atoms with Gasteiger partial charge in [-0.3, -0.25) is 0 Å². The zero-order chi connectivity index (χ0) is 10.1. The number of nitrogens with one attached hydrogen (secondary N) is 1. The number of pyridine rings is 1. The zero-order valence-corrected chi connectivity index (χ0v) is 7.44. The maximum atomic E-state index is 10.9. The maximum Gasteiger partial charge on any atom is 0.338 e. The fourth-order valence-electron chi connectivity index (χ4n) is 1.29. The van der Waals surface area contributed by atoms with E-state index >= 15 is 0 Å². The molecule has 0 amide bonds. The molecular weight excluding hydrogens is 184 g/mol. The number of carboxylic acid groups (broad SMARTS) is 1. The maximum absolute atomic E-state index is 10.9. The number of aromatic nitrogens is 2. The van der Waals surface area contributed by atoms with Crippen molar-refractivity contribution >= 4 is 17.0 Å². The zero-order valence-electron chi connectivity index (χ0n) is 7.44. The number of aromatic amines is 1. The first-order valence-electron chi connectivity index (χ1n) is 3.98. The number of carbonyl (C=O) groups is 1. The number of fused-ring (bicyclic) bond motifs is 1. The van der Waals surface area contributed by atoms with Crippen molar-refractivity contribution < 1.29 is 14.6 Å². The Morgan fingerprint density at radius 2 is 2.43 bits per heavy atom. The van der Waals surface area contributed by atoms with E-state index in [0.717, 1.165) is 0 Å². The molecule has 0 radical (unpaired) electrons. The van der Waals surface area contributed by atoms with E-state index in [9.17, 15) is 4.79 Å². The average Bonchev–Trinajstić information content (AvgIpc) is 2.63. The van der Waals surface area contributed by atoms with Crippen LogP contribution < -0.4 is 4.74 Å². The second-order valence-electron chi connectivity index (χ2n) is 2.76. The van der Waals surface area contributed by atoms with Gasteiger partial charge in [-0.1, -0.05) is 0 Å². The van der Waals surface area contributed by atoms with Crippen LogP contribution in [0.1, 0.15) is 10.4 Å². The number of hydrogen-bond donors (Lipinski definition) is 2. The molecule has 0 fully saturated rings. The quantitative estimate of drug-likeness (QED) is 0.751. The molecule has 2 heterocycles. The summed E-state index contributed by atoms with van der Waals surface area (Å²) in [5, 5.41) is 8.92. The Morgan fingerprint density at radius 1 is 1.64 bits per heavy atom. The Labute approximate surface area is 79.3 Å². The second-order valence-corrected chi connectivity index (χ2v) is 2.76. The van der Waals surface area contributed by atoms with Crippen molar-refractivity contribution in [1.29, 1.82) is 0 Å². The Balaban J connectivity index is 2.76. The van der Waals surface area contributed by atoms with E-state index in [1.165, 1.54) is 13.2 Å². The van der Waals surface area contributed by atoms with Crippen molar-refractivity contribution in [2.75, 3.05) is 7.11 Å². The summed E-state index contributed by atoms with van der Waals surface area (Å²) in [5.41, 5.74) is 1.26. The summed E-state index contributed by atoms with van der Waals surface area (Å²) in [4.78, 5) is 17.8. The summed E-state index contributed by atoms with van der Waals surface area (Å²) < 4.78 is 4.89. The van der Waals surface area contributed by atoms with Gasteiger partial charge < -0.3 is 14.8 Å². The number of H-pyrrole nitrogens is 1. The molecule has 14 heavy (non-hydrogen) atoms. The molecule has 0 aromatic carbocycles. The smallest absolute Gasteiger partial charge is 0.338 e. The third-order valence-corrected chi connectivity index (χ3v) is 1.93. The monoisotopic (exact) mass is 192 g/mol. The molecule has 0 saturated carbocycles. The minimum Gasteiger partial charge on any atom is -0.481 e. The molecule has 0 aliphatic carbocycles. The van der Waals surface area contributed by atoms with Crippen LogP contribution in [0.4, 0.5) is 0 Å². The van der Waals surface area contributed by atoms with E-state index in [1.807, 2.05) is 0 Å². The van der Waals surface area contributed by atoms with Crippen LogP contribution in [0.15, 0.2) is 18.3 Å². The normalized spacial score (nSPS) is 10.4. The van der Waals surface area contributed by atoms with E-state index in [0.29, 0.717) is 16.9 Å². The first-order chi connectivity index (χ1) is 6.72. The molecule has 0 bridgehead atoms. The van der Waals surface area contributed by atoms with Crippen molar-refractivity contribution in [3.05, 3.63) is 23.9 Å². The van der Waals surface area contributed by atoms with Crippen molar-refractivity contribution in [2.24, 2.45) is 0 Å². The lowest BCUT2D eigenvalue weighted by Gasteiger charge is -2.01. The van der Waals surface area contributed by atoms with E-state index in [4.69, 9.17) is 9.84 Å². The van der Waals surface area contributed by atoms with Crippen LogP contribution in [0.2, 0.25) is 0 Å². The molecule has 5 nitrogen and oxygen atoms in total. The topological polar surface area (TPSA) is 75.2 Å². The van der Waals surface area contributed by atoms with Crippen molar-refractivity contribution in [1.82, 2.24) is 9.97 Å². The molecule has 2 aromatic heterocycles. The van der Waals surface area contributed by atoms with E-state index < -0.39 is 5.97 Å². The molecule has 2 N–H and O–H groups in total. The van der Waals surface area contributed by atoms with Gasteiger partial charge in [-0.2, -0.15) is 0 Å². The van der Waals surface area contributed by atoms with Gasteiger partial charge in [-0.05, 0) is 6.07 Å². The fraction of sp³-hybridized carbons (Fsp3) is 0.111. The van der Waals surface area contributed by atoms with Gasteiger partial charge in [0.2, 0.25) is 5.88 Å². The highest BCUT2D eigenvalue weighted by atomic mass is 16.5. The van der Waals surface area contributed by atoms with Gasteiger partial charge >= 0.3 is 5.97 Å². The summed E-state index contributed by atoms with van der Waals surface area (Å²) in [7, 11) is 1.45. The van der Waals surface area contributed by atoms with Gasteiger partial charge in [0.1, 0.15) is 0 Å². The van der Waals surface area contributed by atoms with Crippen molar-refractivity contribution in [3.63, 3.8) is 0 Å².